The van der Waals surface area contributed by atoms with Crippen molar-refractivity contribution in [2.75, 3.05) is 0 Å². The van der Waals surface area contributed by atoms with Crippen LogP contribution < -0.4 is 0 Å². The number of thiazole rings is 1. The molecule has 0 aliphatic rings. The summed E-state index contributed by atoms with van der Waals surface area (Å²) in [4.78, 5) is 16.5. The van der Waals surface area contributed by atoms with E-state index in [-0.39, 0.29) is 5.78 Å². The average Bonchev–Trinajstić information content (AvgIpc) is 3.18. The van der Waals surface area contributed by atoms with Crippen LogP contribution in [0.1, 0.15) is 16.1 Å². The minimum atomic E-state index is -0.161. The van der Waals surface area contributed by atoms with E-state index in [1.54, 1.807) is 36.6 Å². The van der Waals surface area contributed by atoms with E-state index >= 15 is 0 Å². The van der Waals surface area contributed by atoms with Gasteiger partial charge in [-0.3, -0.25) is 4.79 Å². The summed E-state index contributed by atoms with van der Waals surface area (Å²) in [5.74, 6) is 0.548. The van der Waals surface area contributed by atoms with E-state index in [1.807, 2.05) is 11.4 Å². The Balaban J connectivity index is 1.76. The van der Waals surface area contributed by atoms with Crippen LogP contribution in [0.5, 0.6) is 0 Å². The predicted octanol–water partition coefficient (Wildman–Crippen LogP) is 5.61. The fourth-order valence-electron chi connectivity index (χ4n) is 1.78. The fourth-order valence-corrected chi connectivity index (χ4v) is 2.83. The van der Waals surface area contributed by atoms with Crippen LogP contribution in [0.15, 0.2) is 52.5 Å². The van der Waals surface area contributed by atoms with Gasteiger partial charge in [-0.2, -0.15) is 0 Å². The quantitative estimate of drug-likeness (QED) is 0.454. The molecule has 0 radical (unpaired) electrons. The van der Waals surface area contributed by atoms with Gasteiger partial charge in [-0.15, -0.1) is 11.3 Å². The molecule has 0 saturated heterocycles. The molecular weight excluding hydrogens is 341 g/mol. The van der Waals surface area contributed by atoms with E-state index in [0.29, 0.717) is 27.1 Å². The van der Waals surface area contributed by atoms with Gasteiger partial charge in [-0.1, -0.05) is 23.2 Å². The lowest BCUT2D eigenvalue weighted by atomic mass is 10.1. The number of furan rings is 1. The summed E-state index contributed by atoms with van der Waals surface area (Å²) in [6.07, 6.45) is 4.72. The second kappa shape index (κ2) is 6.48. The van der Waals surface area contributed by atoms with E-state index in [1.165, 1.54) is 17.4 Å². The zero-order chi connectivity index (χ0) is 15.5. The van der Waals surface area contributed by atoms with Crippen LogP contribution in [-0.2, 0) is 0 Å². The third-order valence-corrected chi connectivity index (χ3v) is 4.48. The molecule has 22 heavy (non-hydrogen) atoms. The molecule has 3 aromatic rings. The highest BCUT2D eigenvalue weighted by Gasteiger charge is 2.07. The molecule has 6 heteroatoms. The van der Waals surface area contributed by atoms with Crippen molar-refractivity contribution in [3.05, 3.63) is 69.4 Å². The molecule has 0 aliphatic heterocycles. The van der Waals surface area contributed by atoms with Gasteiger partial charge in [-0.25, -0.2) is 4.98 Å². The maximum Gasteiger partial charge on any atom is 0.185 e. The molecule has 0 aliphatic carbocycles. The molecule has 0 spiro atoms. The maximum atomic E-state index is 12.1. The topological polar surface area (TPSA) is 43.1 Å². The zero-order valence-electron chi connectivity index (χ0n) is 11.1. The van der Waals surface area contributed by atoms with Gasteiger partial charge >= 0.3 is 0 Å². The van der Waals surface area contributed by atoms with Crippen LogP contribution in [0.3, 0.4) is 0 Å². The standard InChI is InChI=1S/C16H9Cl2NO2S/c17-12-5-3-10(8-13(12)18)14(20)6-4-11-9-22-16(19-11)15-2-1-7-21-15/h1-9H/b6-4+. The molecule has 0 unspecified atom stereocenters. The molecule has 3 rings (SSSR count). The molecule has 0 amide bonds. The predicted molar refractivity (Wildman–Crippen MR) is 89.6 cm³/mol. The summed E-state index contributed by atoms with van der Waals surface area (Å²) in [7, 11) is 0. The summed E-state index contributed by atoms with van der Waals surface area (Å²) in [6, 6.07) is 8.43. The second-order valence-corrected chi connectivity index (χ2v) is 6.05. The van der Waals surface area contributed by atoms with Crippen molar-refractivity contribution in [1.29, 1.82) is 0 Å². The van der Waals surface area contributed by atoms with Gasteiger partial charge in [0, 0.05) is 10.9 Å². The lowest BCUT2D eigenvalue weighted by Gasteiger charge is -1.98. The monoisotopic (exact) mass is 349 g/mol. The van der Waals surface area contributed by atoms with Crippen molar-refractivity contribution in [1.82, 2.24) is 4.98 Å². The van der Waals surface area contributed by atoms with Gasteiger partial charge in [0.25, 0.3) is 0 Å². The Labute approximate surface area is 140 Å². The van der Waals surface area contributed by atoms with E-state index < -0.39 is 0 Å². The van der Waals surface area contributed by atoms with Gasteiger partial charge in [0.15, 0.2) is 16.6 Å². The highest BCUT2D eigenvalue weighted by atomic mass is 35.5. The minimum absolute atomic E-state index is 0.161. The van der Waals surface area contributed by atoms with Crippen LogP contribution in [-0.4, -0.2) is 10.8 Å². The second-order valence-electron chi connectivity index (χ2n) is 4.38. The highest BCUT2D eigenvalue weighted by molar-refractivity contribution is 7.13. The molecule has 0 fully saturated rings. The number of aromatic nitrogens is 1. The van der Waals surface area contributed by atoms with Crippen molar-refractivity contribution < 1.29 is 9.21 Å². The summed E-state index contributed by atoms with van der Waals surface area (Å²) >= 11 is 13.2. The summed E-state index contributed by atoms with van der Waals surface area (Å²) in [6.45, 7) is 0. The molecule has 0 atom stereocenters. The first-order valence-electron chi connectivity index (χ1n) is 6.30. The lowest BCUT2D eigenvalue weighted by molar-refractivity contribution is 0.104. The van der Waals surface area contributed by atoms with Crippen LogP contribution in [0, 0.1) is 0 Å². The van der Waals surface area contributed by atoms with E-state index in [4.69, 9.17) is 27.6 Å². The number of ketones is 1. The first-order valence-corrected chi connectivity index (χ1v) is 7.94. The normalized spacial score (nSPS) is 11.2. The fraction of sp³-hybridized carbons (Fsp3) is 0. The van der Waals surface area contributed by atoms with Crippen molar-refractivity contribution >= 4 is 46.4 Å². The molecule has 3 nitrogen and oxygen atoms in total. The van der Waals surface area contributed by atoms with E-state index in [2.05, 4.69) is 4.98 Å². The highest BCUT2D eigenvalue weighted by Crippen LogP contribution is 2.25. The number of carbonyl (C=O) groups is 1. The number of carbonyl (C=O) groups excluding carboxylic acids is 1. The molecule has 1 aromatic carbocycles. The number of nitrogens with zero attached hydrogens (tertiary/aromatic N) is 1. The van der Waals surface area contributed by atoms with Gasteiger partial charge in [-0.05, 0) is 42.5 Å². The Hall–Kier alpha value is -1.88. The molecule has 110 valence electrons. The zero-order valence-corrected chi connectivity index (χ0v) is 13.5. The van der Waals surface area contributed by atoms with Crippen LogP contribution in [0.2, 0.25) is 10.0 Å². The number of benzene rings is 1. The number of hydrogen-bond donors (Lipinski definition) is 0. The van der Waals surface area contributed by atoms with Crippen LogP contribution >= 0.6 is 34.5 Å². The average molecular weight is 350 g/mol. The molecule has 0 N–H and O–H groups in total. The molecule has 0 bridgehead atoms. The Bertz CT molecular complexity index is 838. The van der Waals surface area contributed by atoms with Crippen LogP contribution in [0.25, 0.3) is 16.8 Å². The Kier molecular flexibility index (Phi) is 4.43. The molecule has 2 heterocycles. The van der Waals surface area contributed by atoms with Gasteiger partial charge in [0.2, 0.25) is 0 Å². The maximum absolute atomic E-state index is 12.1. The lowest BCUT2D eigenvalue weighted by Crippen LogP contribution is -1.93. The number of hydrogen-bond acceptors (Lipinski definition) is 4. The first kappa shape index (κ1) is 15.0. The Morgan fingerprint density at radius 3 is 2.82 bits per heavy atom. The summed E-state index contributed by atoms with van der Waals surface area (Å²) in [5, 5.41) is 3.40. The Morgan fingerprint density at radius 1 is 1.23 bits per heavy atom. The summed E-state index contributed by atoms with van der Waals surface area (Å²) < 4.78 is 5.28. The van der Waals surface area contributed by atoms with Gasteiger partial charge < -0.3 is 4.42 Å². The van der Waals surface area contributed by atoms with E-state index in [0.717, 1.165) is 5.01 Å². The van der Waals surface area contributed by atoms with E-state index in [9.17, 15) is 4.79 Å². The smallest absolute Gasteiger partial charge is 0.185 e. The summed E-state index contributed by atoms with van der Waals surface area (Å²) in [5.41, 5.74) is 1.18. The number of rotatable bonds is 4. The molecule has 0 saturated carbocycles. The largest absolute Gasteiger partial charge is 0.462 e. The molecule has 2 aromatic heterocycles. The molecular formula is C16H9Cl2NO2S. The van der Waals surface area contributed by atoms with Crippen LogP contribution in [0.4, 0.5) is 0 Å². The van der Waals surface area contributed by atoms with Crippen molar-refractivity contribution in [2.45, 2.75) is 0 Å². The Morgan fingerprint density at radius 2 is 2.09 bits per heavy atom. The van der Waals surface area contributed by atoms with Crippen molar-refractivity contribution in [2.24, 2.45) is 0 Å². The number of halogens is 2. The van der Waals surface area contributed by atoms with Gasteiger partial charge in [0.05, 0.1) is 22.0 Å². The third kappa shape index (κ3) is 3.30. The number of allylic oxidation sites excluding steroid dienone is 1. The SMILES string of the molecule is O=C(/C=C/c1csc(-c2ccco2)n1)c1ccc(Cl)c(Cl)c1. The van der Waals surface area contributed by atoms with Crippen molar-refractivity contribution in [3.63, 3.8) is 0 Å². The third-order valence-electron chi connectivity index (χ3n) is 2.86. The minimum Gasteiger partial charge on any atom is -0.462 e. The van der Waals surface area contributed by atoms with Crippen molar-refractivity contribution in [3.8, 4) is 10.8 Å². The first-order chi connectivity index (χ1) is 10.6. The van der Waals surface area contributed by atoms with Gasteiger partial charge in [0.1, 0.15) is 0 Å².